The third kappa shape index (κ3) is 4.72. The summed E-state index contributed by atoms with van der Waals surface area (Å²) in [7, 11) is 0. The van der Waals surface area contributed by atoms with Crippen LogP contribution in [0, 0.1) is 0 Å². The van der Waals surface area contributed by atoms with Crippen LogP contribution in [0.5, 0.6) is 5.75 Å². The quantitative estimate of drug-likeness (QED) is 0.817. The molecule has 0 aliphatic rings. The molecule has 0 heterocycles. The molecule has 0 amide bonds. The predicted molar refractivity (Wildman–Crippen MR) is 59.4 cm³/mol. The number of aliphatic hydroxyl groups excluding tert-OH is 2. The fourth-order valence-electron chi connectivity index (χ4n) is 1.39. The molecular formula is C11H12ClF3O3. The van der Waals surface area contributed by atoms with Crippen molar-refractivity contribution in [1.29, 1.82) is 0 Å². The molecule has 0 saturated carbocycles. The van der Waals surface area contributed by atoms with Crippen LogP contribution in [0.15, 0.2) is 24.3 Å². The van der Waals surface area contributed by atoms with Gasteiger partial charge in [0.1, 0.15) is 11.9 Å². The van der Waals surface area contributed by atoms with Crippen molar-refractivity contribution in [2.75, 3.05) is 5.88 Å². The second kappa shape index (κ2) is 6.26. The van der Waals surface area contributed by atoms with E-state index in [1.807, 2.05) is 0 Å². The van der Waals surface area contributed by atoms with Gasteiger partial charge in [0.2, 0.25) is 0 Å². The number of ether oxygens (including phenoxy) is 1. The first kappa shape index (κ1) is 15.1. The Morgan fingerprint density at radius 2 is 1.94 bits per heavy atom. The van der Waals surface area contributed by atoms with Crippen LogP contribution in [0.25, 0.3) is 0 Å². The van der Waals surface area contributed by atoms with Crippen LogP contribution < -0.4 is 4.74 Å². The number of hydrogen-bond acceptors (Lipinski definition) is 3. The molecule has 102 valence electrons. The number of alkyl halides is 4. The molecule has 1 aromatic carbocycles. The van der Waals surface area contributed by atoms with E-state index < -0.39 is 24.3 Å². The first-order valence-corrected chi connectivity index (χ1v) is 5.65. The maximum atomic E-state index is 12.0. The fraction of sp³-hybridized carbons (Fsp3) is 0.455. The van der Waals surface area contributed by atoms with Crippen molar-refractivity contribution in [2.24, 2.45) is 0 Å². The number of halogens is 4. The van der Waals surface area contributed by atoms with Crippen molar-refractivity contribution in [2.45, 2.75) is 25.0 Å². The highest BCUT2D eigenvalue weighted by Gasteiger charge is 2.31. The summed E-state index contributed by atoms with van der Waals surface area (Å²) in [5.74, 6) is -0.311. The van der Waals surface area contributed by atoms with Gasteiger partial charge in [-0.15, -0.1) is 24.8 Å². The highest BCUT2D eigenvalue weighted by atomic mass is 35.5. The second-order valence-electron chi connectivity index (χ2n) is 3.61. The molecule has 0 fully saturated rings. The maximum absolute atomic E-state index is 12.0. The molecule has 1 aromatic rings. The summed E-state index contributed by atoms with van der Waals surface area (Å²) >= 11 is 5.40. The zero-order valence-corrected chi connectivity index (χ0v) is 9.95. The van der Waals surface area contributed by atoms with Gasteiger partial charge >= 0.3 is 6.36 Å². The van der Waals surface area contributed by atoms with E-state index in [2.05, 4.69) is 4.74 Å². The molecule has 0 spiro atoms. The SMILES string of the molecule is OC(CCCl)C(O)c1cccc(OC(F)(F)F)c1. The van der Waals surface area contributed by atoms with E-state index >= 15 is 0 Å². The van der Waals surface area contributed by atoms with Crippen LogP contribution in [0.2, 0.25) is 0 Å². The lowest BCUT2D eigenvalue weighted by molar-refractivity contribution is -0.274. The largest absolute Gasteiger partial charge is 0.573 e. The first-order valence-electron chi connectivity index (χ1n) is 5.11. The Balaban J connectivity index is 2.81. The average molecular weight is 285 g/mol. The van der Waals surface area contributed by atoms with E-state index in [0.29, 0.717) is 0 Å². The van der Waals surface area contributed by atoms with Gasteiger partial charge in [0.25, 0.3) is 0 Å². The van der Waals surface area contributed by atoms with E-state index in [1.54, 1.807) is 0 Å². The van der Waals surface area contributed by atoms with Gasteiger partial charge in [0.15, 0.2) is 0 Å². The smallest absolute Gasteiger partial charge is 0.406 e. The number of benzene rings is 1. The van der Waals surface area contributed by atoms with Gasteiger partial charge in [-0.1, -0.05) is 12.1 Å². The van der Waals surface area contributed by atoms with Crippen molar-refractivity contribution < 1.29 is 28.1 Å². The van der Waals surface area contributed by atoms with Crippen molar-refractivity contribution in [3.63, 3.8) is 0 Å². The van der Waals surface area contributed by atoms with Gasteiger partial charge in [-0.05, 0) is 24.1 Å². The van der Waals surface area contributed by atoms with Crippen molar-refractivity contribution in [3.8, 4) is 5.75 Å². The summed E-state index contributed by atoms with van der Waals surface area (Å²) in [6.45, 7) is 0. The van der Waals surface area contributed by atoms with E-state index in [-0.39, 0.29) is 17.9 Å². The normalized spacial score (nSPS) is 15.2. The summed E-state index contributed by atoms with van der Waals surface area (Å²) in [6.07, 6.45) is -7.10. The van der Waals surface area contributed by atoms with Crippen molar-refractivity contribution in [3.05, 3.63) is 29.8 Å². The molecule has 2 unspecified atom stereocenters. The highest BCUT2D eigenvalue weighted by molar-refractivity contribution is 6.17. The molecular weight excluding hydrogens is 273 g/mol. The minimum absolute atomic E-state index is 0.132. The van der Waals surface area contributed by atoms with E-state index in [0.717, 1.165) is 12.1 Å². The fourth-order valence-corrected chi connectivity index (χ4v) is 1.61. The average Bonchev–Trinajstić information content (AvgIpc) is 2.26. The van der Waals surface area contributed by atoms with Gasteiger partial charge in [0, 0.05) is 5.88 Å². The highest BCUT2D eigenvalue weighted by Crippen LogP contribution is 2.27. The topological polar surface area (TPSA) is 49.7 Å². The molecule has 0 aromatic heterocycles. The number of aliphatic hydroxyl groups is 2. The number of hydrogen-bond donors (Lipinski definition) is 2. The van der Waals surface area contributed by atoms with Gasteiger partial charge in [-0.2, -0.15) is 0 Å². The monoisotopic (exact) mass is 284 g/mol. The molecule has 2 N–H and O–H groups in total. The Bertz CT molecular complexity index is 384. The summed E-state index contributed by atoms with van der Waals surface area (Å²) < 4.78 is 39.7. The van der Waals surface area contributed by atoms with E-state index in [4.69, 9.17) is 11.6 Å². The minimum Gasteiger partial charge on any atom is -0.406 e. The molecule has 7 heteroatoms. The summed E-state index contributed by atoms with van der Waals surface area (Å²) in [4.78, 5) is 0. The Labute approximate surface area is 107 Å². The van der Waals surface area contributed by atoms with Crippen molar-refractivity contribution >= 4 is 11.6 Å². The predicted octanol–water partition coefficient (Wildman–Crippen LogP) is 2.61. The van der Waals surface area contributed by atoms with Gasteiger partial charge in [-0.3, -0.25) is 0 Å². The number of rotatable bonds is 5. The summed E-state index contributed by atoms with van der Waals surface area (Å²) in [6, 6.07) is 4.83. The van der Waals surface area contributed by atoms with E-state index in [1.165, 1.54) is 12.1 Å². The van der Waals surface area contributed by atoms with E-state index in [9.17, 15) is 23.4 Å². The first-order chi connectivity index (χ1) is 8.33. The zero-order valence-electron chi connectivity index (χ0n) is 9.19. The molecule has 0 bridgehead atoms. The molecule has 0 aliphatic heterocycles. The minimum atomic E-state index is -4.79. The van der Waals surface area contributed by atoms with Crippen LogP contribution >= 0.6 is 11.6 Å². The lowest BCUT2D eigenvalue weighted by atomic mass is 10.0. The molecule has 0 radical (unpaired) electrons. The van der Waals surface area contributed by atoms with Crippen LogP contribution in [-0.2, 0) is 0 Å². The third-order valence-electron chi connectivity index (χ3n) is 2.20. The maximum Gasteiger partial charge on any atom is 0.573 e. The van der Waals surface area contributed by atoms with Crippen LogP contribution in [0.3, 0.4) is 0 Å². The Kier molecular flexibility index (Phi) is 5.25. The Morgan fingerprint density at radius 3 is 2.50 bits per heavy atom. The molecule has 1 rings (SSSR count). The van der Waals surface area contributed by atoms with Gasteiger partial charge < -0.3 is 14.9 Å². The summed E-state index contributed by atoms with van der Waals surface area (Å²) in [5, 5.41) is 19.2. The standard InChI is InChI=1S/C11H12ClF3O3/c12-5-4-9(16)10(17)7-2-1-3-8(6-7)18-11(13,14)15/h1-3,6,9-10,16-17H,4-5H2. The van der Waals surface area contributed by atoms with Gasteiger partial charge in [0.05, 0.1) is 6.10 Å². The van der Waals surface area contributed by atoms with Crippen LogP contribution in [-0.4, -0.2) is 28.6 Å². The Hall–Kier alpha value is -0.980. The zero-order chi connectivity index (χ0) is 13.8. The lowest BCUT2D eigenvalue weighted by Crippen LogP contribution is -2.20. The van der Waals surface area contributed by atoms with Crippen LogP contribution in [0.1, 0.15) is 18.1 Å². The Morgan fingerprint density at radius 1 is 1.28 bits per heavy atom. The van der Waals surface area contributed by atoms with Crippen LogP contribution in [0.4, 0.5) is 13.2 Å². The molecule has 3 nitrogen and oxygen atoms in total. The molecule has 18 heavy (non-hydrogen) atoms. The molecule has 2 atom stereocenters. The molecule has 0 aliphatic carbocycles. The lowest BCUT2D eigenvalue weighted by Gasteiger charge is -2.18. The summed E-state index contributed by atoms with van der Waals surface area (Å²) in [5.41, 5.74) is 0.134. The van der Waals surface area contributed by atoms with Crippen molar-refractivity contribution in [1.82, 2.24) is 0 Å². The third-order valence-corrected chi connectivity index (χ3v) is 2.42. The molecule has 0 saturated heterocycles. The van der Waals surface area contributed by atoms with Gasteiger partial charge in [-0.25, -0.2) is 0 Å². The second-order valence-corrected chi connectivity index (χ2v) is 3.99.